The Morgan fingerprint density at radius 2 is 1.79 bits per heavy atom. The topological polar surface area (TPSA) is 147 Å². The Bertz CT molecular complexity index is 910. The van der Waals surface area contributed by atoms with Gasteiger partial charge in [-0.3, -0.25) is 4.79 Å². The number of sulfone groups is 1. The highest BCUT2D eigenvalue weighted by Crippen LogP contribution is 2.27. The molecule has 126 valence electrons. The summed E-state index contributed by atoms with van der Waals surface area (Å²) in [7, 11) is -3.54. The van der Waals surface area contributed by atoms with Crippen molar-refractivity contribution in [1.82, 2.24) is 9.97 Å². The minimum absolute atomic E-state index is 0.0873. The molecule has 0 aliphatic carbocycles. The van der Waals surface area contributed by atoms with Crippen molar-refractivity contribution in [3.63, 3.8) is 0 Å². The highest BCUT2D eigenvalue weighted by Gasteiger charge is 2.21. The summed E-state index contributed by atoms with van der Waals surface area (Å²) >= 11 is 0. The fourth-order valence-corrected chi connectivity index (χ4v) is 2.72. The molecule has 0 fully saturated rings. The van der Waals surface area contributed by atoms with Gasteiger partial charge in [-0.2, -0.15) is 0 Å². The number of rotatable bonds is 5. The fourth-order valence-electron chi connectivity index (χ4n) is 1.82. The second-order valence-electron chi connectivity index (χ2n) is 4.60. The number of hydrogen-bond acceptors (Lipinski definition) is 7. The number of carbonyl (C=O) groups is 2. The van der Waals surface area contributed by atoms with Crippen LogP contribution in [-0.2, 0) is 9.84 Å². The Morgan fingerprint density at radius 3 is 2.38 bits per heavy atom. The van der Waals surface area contributed by atoms with Crippen molar-refractivity contribution in [2.75, 3.05) is 11.1 Å². The zero-order valence-electron chi connectivity index (χ0n) is 12.4. The van der Waals surface area contributed by atoms with Crippen molar-refractivity contribution in [2.24, 2.45) is 0 Å². The van der Waals surface area contributed by atoms with Crippen molar-refractivity contribution in [2.45, 2.75) is 11.8 Å². The number of carboxylic acids is 1. The maximum absolute atomic E-state index is 12.2. The number of aromatic carboxylic acids is 1. The number of phenolic OH excluding ortho intramolecular Hbond substituents is 1. The second-order valence-corrected chi connectivity index (χ2v) is 6.87. The summed E-state index contributed by atoms with van der Waals surface area (Å²) in [6.45, 7) is 1.46. The number of carboxylic acid groups (broad SMARTS) is 1. The number of amides is 1. The molecule has 1 heterocycles. The minimum atomic E-state index is -3.54. The molecule has 24 heavy (non-hydrogen) atoms. The van der Waals surface area contributed by atoms with Crippen molar-refractivity contribution >= 4 is 27.4 Å². The van der Waals surface area contributed by atoms with Crippen LogP contribution >= 0.6 is 0 Å². The molecule has 0 bridgehead atoms. The van der Waals surface area contributed by atoms with Crippen LogP contribution < -0.4 is 5.32 Å². The van der Waals surface area contributed by atoms with Gasteiger partial charge in [0, 0.05) is 12.4 Å². The number of phenols is 1. The SMILES string of the molecule is CCS(=O)(=O)c1ccc(O)c(NC(=O)c2nccnc2C(=O)O)c1. The molecule has 2 aromatic rings. The van der Waals surface area contributed by atoms with E-state index in [2.05, 4.69) is 15.3 Å². The third-order valence-corrected chi connectivity index (χ3v) is 4.80. The lowest BCUT2D eigenvalue weighted by Gasteiger charge is -2.10. The van der Waals surface area contributed by atoms with Gasteiger partial charge >= 0.3 is 5.97 Å². The molecule has 10 heteroatoms. The van der Waals surface area contributed by atoms with Crippen molar-refractivity contribution in [3.8, 4) is 5.75 Å². The molecule has 1 amide bonds. The predicted octanol–water partition coefficient (Wildman–Crippen LogP) is 0.926. The first-order chi connectivity index (χ1) is 11.3. The highest BCUT2D eigenvalue weighted by atomic mass is 32.2. The first-order valence-corrected chi connectivity index (χ1v) is 8.33. The van der Waals surface area contributed by atoms with E-state index in [9.17, 15) is 23.1 Å². The number of aromatic nitrogens is 2. The smallest absolute Gasteiger partial charge is 0.356 e. The summed E-state index contributed by atoms with van der Waals surface area (Å²) in [5.41, 5.74) is -1.21. The molecule has 0 aliphatic rings. The number of carbonyl (C=O) groups excluding carboxylic acids is 1. The number of benzene rings is 1. The quantitative estimate of drug-likeness (QED) is 0.674. The lowest BCUT2D eigenvalue weighted by Crippen LogP contribution is -2.19. The maximum atomic E-state index is 12.2. The molecule has 0 radical (unpaired) electrons. The number of nitrogens with one attached hydrogen (secondary N) is 1. The highest BCUT2D eigenvalue weighted by molar-refractivity contribution is 7.91. The van der Waals surface area contributed by atoms with Crippen LogP contribution in [0, 0.1) is 0 Å². The van der Waals surface area contributed by atoms with Gasteiger partial charge in [0.2, 0.25) is 0 Å². The van der Waals surface area contributed by atoms with E-state index in [1.165, 1.54) is 13.0 Å². The molecule has 1 aromatic heterocycles. The third-order valence-electron chi connectivity index (χ3n) is 3.07. The van der Waals surface area contributed by atoms with Gasteiger partial charge in [0.1, 0.15) is 5.75 Å². The van der Waals surface area contributed by atoms with Crippen LogP contribution in [0.1, 0.15) is 27.9 Å². The van der Waals surface area contributed by atoms with Crippen LogP contribution in [0.25, 0.3) is 0 Å². The van der Waals surface area contributed by atoms with Gasteiger partial charge in [-0.1, -0.05) is 6.92 Å². The lowest BCUT2D eigenvalue weighted by molar-refractivity contribution is 0.0685. The van der Waals surface area contributed by atoms with Gasteiger partial charge < -0.3 is 15.5 Å². The van der Waals surface area contributed by atoms with E-state index < -0.39 is 33.1 Å². The van der Waals surface area contributed by atoms with Crippen molar-refractivity contribution in [3.05, 3.63) is 42.0 Å². The van der Waals surface area contributed by atoms with Gasteiger partial charge in [-0.25, -0.2) is 23.2 Å². The van der Waals surface area contributed by atoms with E-state index in [0.717, 1.165) is 24.5 Å². The van der Waals surface area contributed by atoms with Crippen molar-refractivity contribution in [1.29, 1.82) is 0 Å². The van der Waals surface area contributed by atoms with Gasteiger partial charge in [-0.05, 0) is 18.2 Å². The number of nitrogens with zero attached hydrogens (tertiary/aromatic N) is 2. The summed E-state index contributed by atoms with van der Waals surface area (Å²) in [6.07, 6.45) is 2.26. The first kappa shape index (κ1) is 17.3. The molecule has 0 atom stereocenters. The molecule has 0 spiro atoms. The van der Waals surface area contributed by atoms with E-state index in [1.54, 1.807) is 0 Å². The molecule has 9 nitrogen and oxygen atoms in total. The number of aromatic hydroxyl groups is 1. The largest absolute Gasteiger partial charge is 0.506 e. The normalized spacial score (nSPS) is 11.0. The van der Waals surface area contributed by atoms with E-state index in [-0.39, 0.29) is 22.1 Å². The fraction of sp³-hybridized carbons (Fsp3) is 0.143. The lowest BCUT2D eigenvalue weighted by atomic mass is 10.2. The molecule has 0 aliphatic heterocycles. The van der Waals surface area contributed by atoms with Gasteiger partial charge in [0.25, 0.3) is 5.91 Å². The summed E-state index contributed by atoms with van der Waals surface area (Å²) in [5.74, 6) is -2.92. The Kier molecular flexibility index (Phi) is 4.79. The molecule has 1 aromatic carbocycles. The minimum Gasteiger partial charge on any atom is -0.506 e. The Balaban J connectivity index is 2.40. The summed E-state index contributed by atoms with van der Waals surface area (Å²) in [6, 6.07) is 3.41. The Labute approximate surface area is 136 Å². The summed E-state index contributed by atoms with van der Waals surface area (Å²) in [5, 5.41) is 21.0. The average Bonchev–Trinajstić information content (AvgIpc) is 2.56. The Hall–Kier alpha value is -3.01. The predicted molar refractivity (Wildman–Crippen MR) is 82.8 cm³/mol. The van der Waals surface area contributed by atoms with Gasteiger partial charge in [-0.15, -0.1) is 0 Å². The van der Waals surface area contributed by atoms with Crippen LogP contribution in [0.5, 0.6) is 5.75 Å². The van der Waals surface area contributed by atoms with Crippen LogP contribution in [0.3, 0.4) is 0 Å². The van der Waals surface area contributed by atoms with E-state index in [1.807, 2.05) is 0 Å². The number of anilines is 1. The zero-order chi connectivity index (χ0) is 17.9. The molecule has 0 saturated heterocycles. The van der Waals surface area contributed by atoms with Gasteiger partial charge in [0.05, 0.1) is 16.3 Å². The first-order valence-electron chi connectivity index (χ1n) is 6.67. The molecular weight excluding hydrogens is 338 g/mol. The van der Waals surface area contributed by atoms with Crippen LogP contribution in [-0.4, -0.2) is 46.2 Å². The standard InChI is InChI=1S/C14H13N3O6S/c1-2-24(22,23)8-3-4-10(18)9(7-8)17-13(19)11-12(14(20)21)16-6-5-15-11/h3-7,18H,2H2,1H3,(H,17,19)(H,20,21). The molecule has 0 saturated carbocycles. The van der Waals surface area contributed by atoms with Gasteiger partial charge in [0.15, 0.2) is 21.2 Å². The summed E-state index contributed by atoms with van der Waals surface area (Å²) < 4.78 is 23.7. The van der Waals surface area contributed by atoms with Crippen LogP contribution in [0.2, 0.25) is 0 Å². The molecule has 0 unspecified atom stereocenters. The molecule has 3 N–H and O–H groups in total. The Morgan fingerprint density at radius 1 is 1.17 bits per heavy atom. The second kappa shape index (κ2) is 6.62. The molecule has 2 rings (SSSR count). The van der Waals surface area contributed by atoms with Crippen LogP contribution in [0.15, 0.2) is 35.5 Å². The molecular formula is C14H13N3O6S. The van der Waals surface area contributed by atoms with Crippen LogP contribution in [0.4, 0.5) is 5.69 Å². The maximum Gasteiger partial charge on any atom is 0.356 e. The zero-order valence-corrected chi connectivity index (χ0v) is 13.2. The van der Waals surface area contributed by atoms with E-state index in [0.29, 0.717) is 0 Å². The van der Waals surface area contributed by atoms with Crippen molar-refractivity contribution < 1.29 is 28.2 Å². The van der Waals surface area contributed by atoms with E-state index >= 15 is 0 Å². The summed E-state index contributed by atoms with van der Waals surface area (Å²) in [4.78, 5) is 30.4. The third kappa shape index (κ3) is 3.49. The number of hydrogen-bond donors (Lipinski definition) is 3. The van der Waals surface area contributed by atoms with E-state index in [4.69, 9.17) is 5.11 Å². The average molecular weight is 351 g/mol. The monoisotopic (exact) mass is 351 g/mol.